The molecule has 1 heterocycles. The molecular weight excluding hydrogens is 258 g/mol. The third kappa shape index (κ3) is 2.59. The molecule has 1 aliphatic rings. The van der Waals surface area contributed by atoms with Crippen LogP contribution in [0.25, 0.3) is 0 Å². The summed E-state index contributed by atoms with van der Waals surface area (Å²) in [7, 11) is 0. The van der Waals surface area contributed by atoms with E-state index >= 15 is 0 Å². The average Bonchev–Trinajstić information content (AvgIpc) is 2.66. The summed E-state index contributed by atoms with van der Waals surface area (Å²) in [6, 6.07) is 12.2. The quantitative estimate of drug-likeness (QED) is 0.896. The van der Waals surface area contributed by atoms with Crippen molar-refractivity contribution in [1.29, 1.82) is 0 Å². The second kappa shape index (κ2) is 5.49. The highest BCUT2D eigenvalue weighted by molar-refractivity contribution is 5.70. The zero-order valence-corrected chi connectivity index (χ0v) is 11.1. The number of halogens is 2. The minimum Gasteiger partial charge on any atom is -0.383 e. The second-order valence-electron chi connectivity index (χ2n) is 4.97. The minimum atomic E-state index is -0.799. The third-order valence-corrected chi connectivity index (χ3v) is 3.52. The predicted molar refractivity (Wildman–Crippen MR) is 77.0 cm³/mol. The van der Waals surface area contributed by atoms with Crippen LogP contribution in [0, 0.1) is 11.6 Å². The normalized spacial score (nSPS) is 14.4. The first-order chi connectivity index (χ1) is 9.74. The summed E-state index contributed by atoms with van der Waals surface area (Å²) in [6.07, 6.45) is 1.01. The van der Waals surface area contributed by atoms with Crippen LogP contribution in [0.4, 0.5) is 20.2 Å². The zero-order chi connectivity index (χ0) is 13.9. The van der Waals surface area contributed by atoms with Gasteiger partial charge in [0.1, 0.15) is 0 Å². The maximum Gasteiger partial charge on any atom is 0.159 e. The average molecular weight is 274 g/mol. The SMILES string of the molecule is Fc1ccc(CN2CCCNc3ccccc32)cc1F. The molecule has 104 valence electrons. The van der Waals surface area contributed by atoms with Crippen LogP contribution in [0.15, 0.2) is 42.5 Å². The van der Waals surface area contributed by atoms with Gasteiger partial charge in [-0.05, 0) is 36.2 Å². The number of anilines is 2. The third-order valence-electron chi connectivity index (χ3n) is 3.52. The van der Waals surface area contributed by atoms with Crippen molar-refractivity contribution in [2.24, 2.45) is 0 Å². The zero-order valence-electron chi connectivity index (χ0n) is 11.1. The van der Waals surface area contributed by atoms with E-state index in [-0.39, 0.29) is 0 Å². The van der Waals surface area contributed by atoms with E-state index in [1.165, 1.54) is 12.1 Å². The Bertz CT molecular complexity index is 613. The molecule has 0 spiro atoms. The van der Waals surface area contributed by atoms with E-state index in [2.05, 4.69) is 10.2 Å². The number of rotatable bonds is 2. The highest BCUT2D eigenvalue weighted by Gasteiger charge is 2.15. The van der Waals surface area contributed by atoms with E-state index in [0.717, 1.165) is 36.4 Å². The monoisotopic (exact) mass is 274 g/mol. The molecule has 2 aromatic rings. The lowest BCUT2D eigenvalue weighted by Crippen LogP contribution is -2.23. The number of hydrogen-bond acceptors (Lipinski definition) is 2. The molecule has 1 N–H and O–H groups in total. The molecule has 4 heteroatoms. The topological polar surface area (TPSA) is 15.3 Å². The van der Waals surface area contributed by atoms with Crippen molar-refractivity contribution in [2.75, 3.05) is 23.3 Å². The first kappa shape index (κ1) is 12.9. The van der Waals surface area contributed by atoms with Gasteiger partial charge >= 0.3 is 0 Å². The lowest BCUT2D eigenvalue weighted by atomic mass is 10.1. The summed E-state index contributed by atoms with van der Waals surface area (Å²) in [5.41, 5.74) is 2.97. The maximum absolute atomic E-state index is 13.3. The highest BCUT2D eigenvalue weighted by atomic mass is 19.2. The molecule has 1 aliphatic heterocycles. The Balaban J connectivity index is 1.88. The number of fused-ring (bicyclic) bond motifs is 1. The summed E-state index contributed by atoms with van der Waals surface area (Å²) in [4.78, 5) is 2.20. The molecule has 0 amide bonds. The second-order valence-corrected chi connectivity index (χ2v) is 4.97. The van der Waals surface area contributed by atoms with Crippen LogP contribution in [0.1, 0.15) is 12.0 Å². The van der Waals surface area contributed by atoms with Gasteiger partial charge in [-0.25, -0.2) is 8.78 Å². The van der Waals surface area contributed by atoms with Crippen LogP contribution >= 0.6 is 0 Å². The fraction of sp³-hybridized carbons (Fsp3) is 0.250. The van der Waals surface area contributed by atoms with Gasteiger partial charge < -0.3 is 10.2 Å². The smallest absolute Gasteiger partial charge is 0.159 e. The van der Waals surface area contributed by atoms with Crippen molar-refractivity contribution in [3.63, 3.8) is 0 Å². The Morgan fingerprint density at radius 2 is 1.90 bits per heavy atom. The number of nitrogens with zero attached hydrogens (tertiary/aromatic N) is 1. The van der Waals surface area contributed by atoms with Gasteiger partial charge in [-0.2, -0.15) is 0 Å². The molecule has 0 aromatic heterocycles. The van der Waals surface area contributed by atoms with Crippen LogP contribution in [-0.4, -0.2) is 13.1 Å². The van der Waals surface area contributed by atoms with Crippen LogP contribution in [0.5, 0.6) is 0 Å². The Hall–Kier alpha value is -2.10. The lowest BCUT2D eigenvalue weighted by Gasteiger charge is -2.24. The van der Waals surface area contributed by atoms with Crippen LogP contribution in [-0.2, 0) is 6.54 Å². The van der Waals surface area contributed by atoms with Gasteiger partial charge in [0, 0.05) is 19.6 Å². The summed E-state index contributed by atoms with van der Waals surface area (Å²) in [5, 5.41) is 3.39. The molecule has 0 radical (unpaired) electrons. The Morgan fingerprint density at radius 1 is 1.05 bits per heavy atom. The lowest BCUT2D eigenvalue weighted by molar-refractivity contribution is 0.507. The molecule has 2 nitrogen and oxygen atoms in total. The molecule has 0 unspecified atom stereocenters. The van der Waals surface area contributed by atoms with E-state index in [0.29, 0.717) is 6.54 Å². The summed E-state index contributed by atoms with van der Waals surface area (Å²) < 4.78 is 26.3. The number of benzene rings is 2. The molecule has 0 saturated carbocycles. The van der Waals surface area contributed by atoms with Crippen molar-refractivity contribution in [1.82, 2.24) is 0 Å². The number of para-hydroxylation sites is 2. The number of hydrogen-bond donors (Lipinski definition) is 1. The van der Waals surface area contributed by atoms with Crippen molar-refractivity contribution in [3.05, 3.63) is 59.7 Å². The molecular formula is C16H16F2N2. The minimum absolute atomic E-state index is 0.579. The van der Waals surface area contributed by atoms with Gasteiger partial charge in [0.05, 0.1) is 11.4 Å². The van der Waals surface area contributed by atoms with Gasteiger partial charge in [-0.15, -0.1) is 0 Å². The van der Waals surface area contributed by atoms with E-state index in [1.54, 1.807) is 6.07 Å². The maximum atomic E-state index is 13.3. The van der Waals surface area contributed by atoms with E-state index in [1.807, 2.05) is 24.3 Å². The van der Waals surface area contributed by atoms with Crippen molar-refractivity contribution < 1.29 is 8.78 Å². The predicted octanol–water partition coefficient (Wildman–Crippen LogP) is 3.79. The molecule has 0 aliphatic carbocycles. The van der Waals surface area contributed by atoms with E-state index in [4.69, 9.17) is 0 Å². The Labute approximate surface area is 117 Å². The van der Waals surface area contributed by atoms with E-state index < -0.39 is 11.6 Å². The highest BCUT2D eigenvalue weighted by Crippen LogP contribution is 2.29. The fourth-order valence-electron chi connectivity index (χ4n) is 2.53. The first-order valence-corrected chi connectivity index (χ1v) is 6.76. The molecule has 2 aromatic carbocycles. The number of nitrogens with one attached hydrogen (secondary N) is 1. The van der Waals surface area contributed by atoms with Gasteiger partial charge in [-0.3, -0.25) is 0 Å². The van der Waals surface area contributed by atoms with Crippen molar-refractivity contribution in [3.8, 4) is 0 Å². The van der Waals surface area contributed by atoms with Crippen LogP contribution < -0.4 is 10.2 Å². The van der Waals surface area contributed by atoms with E-state index in [9.17, 15) is 8.78 Å². The van der Waals surface area contributed by atoms with Gasteiger partial charge in [0.25, 0.3) is 0 Å². The summed E-state index contributed by atoms with van der Waals surface area (Å²) >= 11 is 0. The first-order valence-electron chi connectivity index (χ1n) is 6.76. The molecule has 3 rings (SSSR count). The van der Waals surface area contributed by atoms with Gasteiger partial charge in [0.2, 0.25) is 0 Å². The molecule has 20 heavy (non-hydrogen) atoms. The van der Waals surface area contributed by atoms with Gasteiger partial charge in [0.15, 0.2) is 11.6 Å². The van der Waals surface area contributed by atoms with Gasteiger partial charge in [-0.1, -0.05) is 18.2 Å². The molecule has 0 atom stereocenters. The largest absolute Gasteiger partial charge is 0.383 e. The Kier molecular flexibility index (Phi) is 3.54. The van der Waals surface area contributed by atoms with Crippen LogP contribution in [0.2, 0.25) is 0 Å². The molecule has 0 fully saturated rings. The fourth-order valence-corrected chi connectivity index (χ4v) is 2.53. The molecule has 0 bridgehead atoms. The standard InChI is InChI=1S/C16H16F2N2/c17-13-7-6-12(10-14(13)18)11-20-9-3-8-19-15-4-1-2-5-16(15)20/h1-2,4-7,10,19H,3,8-9,11H2. The van der Waals surface area contributed by atoms with Crippen molar-refractivity contribution in [2.45, 2.75) is 13.0 Å². The Morgan fingerprint density at radius 3 is 2.75 bits per heavy atom. The summed E-state index contributed by atoms with van der Waals surface area (Å²) in [6.45, 7) is 2.39. The van der Waals surface area contributed by atoms with Crippen LogP contribution in [0.3, 0.4) is 0 Å². The molecule has 0 saturated heterocycles. The summed E-state index contributed by atoms with van der Waals surface area (Å²) in [5.74, 6) is -1.59. The van der Waals surface area contributed by atoms with Crippen molar-refractivity contribution >= 4 is 11.4 Å².